The van der Waals surface area contributed by atoms with Crippen LogP contribution in [0.3, 0.4) is 0 Å². The predicted molar refractivity (Wildman–Crippen MR) is 92.6 cm³/mol. The van der Waals surface area contributed by atoms with Gasteiger partial charge in [-0.15, -0.1) is 0 Å². The molecular formula is C16H13ClFN3O4S. The summed E-state index contributed by atoms with van der Waals surface area (Å²) in [5, 5.41) is 2.50. The number of nitrogens with one attached hydrogen (secondary N) is 2. The van der Waals surface area contributed by atoms with Crippen molar-refractivity contribution < 1.29 is 22.4 Å². The number of hydrogen-bond donors (Lipinski definition) is 2. The van der Waals surface area contributed by atoms with Gasteiger partial charge in [-0.1, -0.05) is 23.7 Å². The highest BCUT2D eigenvalue weighted by molar-refractivity contribution is 7.92. The molecule has 0 aliphatic carbocycles. The number of urea groups is 1. The van der Waals surface area contributed by atoms with Gasteiger partial charge in [0, 0.05) is 10.7 Å². The van der Waals surface area contributed by atoms with Crippen molar-refractivity contribution in [3.05, 3.63) is 58.9 Å². The van der Waals surface area contributed by atoms with Gasteiger partial charge in [-0.3, -0.25) is 14.4 Å². The molecule has 0 radical (unpaired) electrons. The molecule has 1 fully saturated rings. The summed E-state index contributed by atoms with van der Waals surface area (Å²) in [5.41, 5.74) is 0.844. The van der Waals surface area contributed by atoms with E-state index in [-0.39, 0.29) is 29.7 Å². The summed E-state index contributed by atoms with van der Waals surface area (Å²) >= 11 is 5.62. The maximum absolute atomic E-state index is 13.8. The van der Waals surface area contributed by atoms with Crippen LogP contribution >= 0.6 is 11.6 Å². The molecule has 3 rings (SSSR count). The van der Waals surface area contributed by atoms with Gasteiger partial charge >= 0.3 is 6.03 Å². The van der Waals surface area contributed by atoms with Gasteiger partial charge in [0.1, 0.15) is 10.7 Å². The zero-order valence-corrected chi connectivity index (χ0v) is 14.8. The van der Waals surface area contributed by atoms with Crippen molar-refractivity contribution in [2.24, 2.45) is 0 Å². The highest BCUT2D eigenvalue weighted by Crippen LogP contribution is 2.22. The number of carbonyl (C=O) groups is 2. The van der Waals surface area contributed by atoms with Crippen molar-refractivity contribution in [3.8, 4) is 0 Å². The molecule has 1 aliphatic rings. The molecule has 2 N–H and O–H groups in total. The molecule has 1 aliphatic heterocycles. The summed E-state index contributed by atoms with van der Waals surface area (Å²) in [6, 6.07) is 8.84. The number of rotatable bonds is 5. The van der Waals surface area contributed by atoms with Crippen LogP contribution in [0, 0.1) is 5.82 Å². The fraction of sp³-hybridized carbons (Fsp3) is 0.125. The van der Waals surface area contributed by atoms with Crippen molar-refractivity contribution in [3.63, 3.8) is 0 Å². The molecule has 136 valence electrons. The first-order chi connectivity index (χ1) is 12.3. The number of imide groups is 1. The quantitative estimate of drug-likeness (QED) is 0.757. The first-order valence-electron chi connectivity index (χ1n) is 7.41. The van der Waals surface area contributed by atoms with Crippen LogP contribution in [-0.2, 0) is 21.4 Å². The summed E-state index contributed by atoms with van der Waals surface area (Å²) in [6.45, 7) is 0.0346. The van der Waals surface area contributed by atoms with Crippen molar-refractivity contribution in [2.75, 3.05) is 11.3 Å². The van der Waals surface area contributed by atoms with E-state index in [9.17, 15) is 22.4 Å². The van der Waals surface area contributed by atoms with Crippen molar-refractivity contribution >= 4 is 39.2 Å². The maximum Gasteiger partial charge on any atom is 0.324 e. The number of halogens is 2. The fourth-order valence-electron chi connectivity index (χ4n) is 2.38. The van der Waals surface area contributed by atoms with E-state index in [1.165, 1.54) is 18.2 Å². The largest absolute Gasteiger partial charge is 0.329 e. The van der Waals surface area contributed by atoms with E-state index in [0.717, 1.165) is 17.0 Å². The average Bonchev–Trinajstić information content (AvgIpc) is 2.88. The Hall–Kier alpha value is -2.65. The minimum Gasteiger partial charge on any atom is -0.329 e. The van der Waals surface area contributed by atoms with Crippen LogP contribution < -0.4 is 10.0 Å². The molecular weight excluding hydrogens is 385 g/mol. The van der Waals surface area contributed by atoms with Crippen molar-refractivity contribution in [1.29, 1.82) is 0 Å². The van der Waals surface area contributed by atoms with Gasteiger partial charge in [0.15, 0.2) is 0 Å². The third kappa shape index (κ3) is 3.78. The van der Waals surface area contributed by atoms with Crippen LogP contribution in [0.25, 0.3) is 0 Å². The Morgan fingerprint density at radius 1 is 1.15 bits per heavy atom. The van der Waals surface area contributed by atoms with Gasteiger partial charge in [-0.2, -0.15) is 0 Å². The number of carbonyl (C=O) groups excluding carboxylic acids is 2. The van der Waals surface area contributed by atoms with Crippen LogP contribution in [0.2, 0.25) is 5.02 Å². The van der Waals surface area contributed by atoms with Crippen LogP contribution in [0.1, 0.15) is 5.56 Å². The highest BCUT2D eigenvalue weighted by Gasteiger charge is 2.28. The van der Waals surface area contributed by atoms with Crippen molar-refractivity contribution in [1.82, 2.24) is 10.2 Å². The van der Waals surface area contributed by atoms with Gasteiger partial charge in [0.2, 0.25) is 5.91 Å². The van der Waals surface area contributed by atoms with Crippen LogP contribution in [0.4, 0.5) is 14.9 Å². The summed E-state index contributed by atoms with van der Waals surface area (Å²) in [6.07, 6.45) is 0. The monoisotopic (exact) mass is 397 g/mol. The normalized spacial score (nSPS) is 14.5. The second-order valence-electron chi connectivity index (χ2n) is 5.52. The zero-order valence-electron chi connectivity index (χ0n) is 13.2. The third-order valence-electron chi connectivity index (χ3n) is 3.67. The number of amides is 3. The molecule has 3 amide bonds. The summed E-state index contributed by atoms with van der Waals surface area (Å²) in [7, 11) is -4.13. The van der Waals surface area contributed by atoms with E-state index in [1.807, 2.05) is 0 Å². The number of nitrogens with zero attached hydrogens (tertiary/aromatic N) is 1. The second-order valence-corrected chi connectivity index (χ2v) is 7.60. The Bertz CT molecular complexity index is 963. The van der Waals surface area contributed by atoms with E-state index in [1.54, 1.807) is 12.1 Å². The smallest absolute Gasteiger partial charge is 0.324 e. The Morgan fingerprint density at radius 2 is 1.85 bits per heavy atom. The molecule has 0 atom stereocenters. The van der Waals surface area contributed by atoms with Gasteiger partial charge < -0.3 is 5.32 Å². The maximum atomic E-state index is 13.8. The standard InChI is InChI=1S/C16H13ClFN3O4S/c17-11-3-6-14(13(18)7-11)26(24,25)20-12-4-1-10(2-5-12)9-21-15(22)8-19-16(21)23/h1-7,20H,8-9H2,(H,19,23). The van der Waals surface area contributed by atoms with E-state index in [0.29, 0.717) is 5.56 Å². The van der Waals surface area contributed by atoms with Gasteiger partial charge in [0.05, 0.1) is 13.1 Å². The molecule has 10 heteroatoms. The van der Waals surface area contributed by atoms with Crippen molar-refractivity contribution in [2.45, 2.75) is 11.4 Å². The Kier molecular flexibility index (Phi) is 4.84. The van der Waals surface area contributed by atoms with Crippen LogP contribution in [0.15, 0.2) is 47.4 Å². The van der Waals surface area contributed by atoms with Gasteiger partial charge in [0.25, 0.3) is 10.0 Å². The van der Waals surface area contributed by atoms with Gasteiger partial charge in [-0.25, -0.2) is 17.6 Å². The Labute approximate surface area is 153 Å². The lowest BCUT2D eigenvalue weighted by molar-refractivity contribution is -0.125. The van der Waals surface area contributed by atoms with E-state index >= 15 is 0 Å². The lowest BCUT2D eigenvalue weighted by Gasteiger charge is -2.13. The molecule has 0 unspecified atom stereocenters. The second kappa shape index (κ2) is 6.93. The number of anilines is 1. The predicted octanol–water partition coefficient (Wildman–Crippen LogP) is 2.33. The highest BCUT2D eigenvalue weighted by atomic mass is 35.5. The lowest BCUT2D eigenvalue weighted by atomic mass is 10.2. The van der Waals surface area contributed by atoms with E-state index in [2.05, 4.69) is 10.0 Å². The zero-order chi connectivity index (χ0) is 18.9. The van der Waals surface area contributed by atoms with Crippen LogP contribution in [-0.4, -0.2) is 31.8 Å². The minimum absolute atomic E-state index is 0.0383. The summed E-state index contributed by atoms with van der Waals surface area (Å²) in [4.78, 5) is 23.6. The molecule has 26 heavy (non-hydrogen) atoms. The number of hydrogen-bond acceptors (Lipinski definition) is 4. The fourth-order valence-corrected chi connectivity index (χ4v) is 3.66. The molecule has 7 nitrogen and oxygen atoms in total. The molecule has 0 saturated carbocycles. The van der Waals surface area contributed by atoms with Crippen LogP contribution in [0.5, 0.6) is 0 Å². The molecule has 0 spiro atoms. The molecule has 1 saturated heterocycles. The first-order valence-corrected chi connectivity index (χ1v) is 9.27. The minimum atomic E-state index is -4.13. The molecule has 0 bridgehead atoms. The first kappa shape index (κ1) is 18.2. The number of benzene rings is 2. The SMILES string of the molecule is O=C1CNC(=O)N1Cc1ccc(NS(=O)(=O)c2ccc(Cl)cc2F)cc1. The lowest BCUT2D eigenvalue weighted by Crippen LogP contribution is -2.30. The Morgan fingerprint density at radius 3 is 2.42 bits per heavy atom. The van der Waals surface area contributed by atoms with E-state index < -0.39 is 26.8 Å². The van der Waals surface area contributed by atoms with Gasteiger partial charge in [-0.05, 0) is 35.9 Å². The Balaban J connectivity index is 1.74. The molecule has 1 heterocycles. The topological polar surface area (TPSA) is 95.6 Å². The third-order valence-corrected chi connectivity index (χ3v) is 5.32. The number of sulfonamides is 1. The molecule has 2 aromatic carbocycles. The molecule has 0 aromatic heterocycles. The molecule has 2 aromatic rings. The summed E-state index contributed by atoms with van der Waals surface area (Å²) < 4.78 is 40.7. The average molecular weight is 398 g/mol. The summed E-state index contributed by atoms with van der Waals surface area (Å²) in [5.74, 6) is -1.29. The van der Waals surface area contributed by atoms with E-state index in [4.69, 9.17) is 11.6 Å².